The van der Waals surface area contributed by atoms with Crippen molar-refractivity contribution >= 4 is 15.9 Å². The number of hydrogen-bond donors (Lipinski definition) is 1. The molecule has 0 bridgehead atoms. The predicted octanol–water partition coefficient (Wildman–Crippen LogP) is 4.93. The Balaban J connectivity index is 2.33. The number of hydrogen-bond acceptors (Lipinski definition) is 1. The highest BCUT2D eigenvalue weighted by Crippen LogP contribution is 2.27. The van der Waals surface area contributed by atoms with Crippen LogP contribution in [0.3, 0.4) is 0 Å². The van der Waals surface area contributed by atoms with Crippen LogP contribution in [0.4, 0.5) is 0 Å². The van der Waals surface area contributed by atoms with Gasteiger partial charge in [-0.3, -0.25) is 0 Å². The number of rotatable bonds is 3. The molecule has 0 fully saturated rings. The van der Waals surface area contributed by atoms with E-state index in [1.165, 1.54) is 33.4 Å². The van der Waals surface area contributed by atoms with E-state index in [1.807, 2.05) is 0 Å². The normalized spacial score (nSPS) is 12.5. The lowest BCUT2D eigenvalue weighted by atomic mass is 9.90. The molecule has 0 saturated carbocycles. The van der Waals surface area contributed by atoms with Crippen LogP contribution in [0.1, 0.15) is 39.4 Å². The molecule has 0 amide bonds. The Morgan fingerprint density at radius 2 is 1.65 bits per heavy atom. The summed E-state index contributed by atoms with van der Waals surface area (Å²) in [6, 6.07) is 10.8. The van der Waals surface area contributed by atoms with Crippen molar-refractivity contribution in [3.05, 3.63) is 68.2 Å². The minimum atomic E-state index is 0.0348. The highest BCUT2D eigenvalue weighted by atomic mass is 79.9. The van der Waals surface area contributed by atoms with Crippen LogP contribution >= 0.6 is 15.9 Å². The summed E-state index contributed by atoms with van der Waals surface area (Å²) < 4.78 is 1.13. The molecule has 20 heavy (non-hydrogen) atoms. The van der Waals surface area contributed by atoms with E-state index in [1.54, 1.807) is 0 Å². The lowest BCUT2D eigenvalue weighted by molar-refractivity contribution is 0.709. The fourth-order valence-corrected chi connectivity index (χ4v) is 3.27. The number of nitrogens with two attached hydrogens (primary N) is 1. The number of halogens is 1. The van der Waals surface area contributed by atoms with Gasteiger partial charge in [0.2, 0.25) is 0 Å². The van der Waals surface area contributed by atoms with Crippen LogP contribution in [0.15, 0.2) is 34.8 Å². The molecule has 2 aromatic carbocycles. The van der Waals surface area contributed by atoms with E-state index in [2.05, 4.69) is 74.0 Å². The van der Waals surface area contributed by atoms with Gasteiger partial charge in [0.25, 0.3) is 0 Å². The zero-order valence-corrected chi connectivity index (χ0v) is 14.2. The smallest absolute Gasteiger partial charge is 0.0338 e. The Labute approximate surface area is 130 Å². The fourth-order valence-electron chi connectivity index (χ4n) is 2.89. The third kappa shape index (κ3) is 3.13. The minimum absolute atomic E-state index is 0.0348. The van der Waals surface area contributed by atoms with Gasteiger partial charge < -0.3 is 5.73 Å². The zero-order chi connectivity index (χ0) is 14.9. The monoisotopic (exact) mass is 331 g/mol. The van der Waals surface area contributed by atoms with Gasteiger partial charge in [0.15, 0.2) is 0 Å². The van der Waals surface area contributed by atoms with Gasteiger partial charge in [-0.05, 0) is 68.0 Å². The van der Waals surface area contributed by atoms with Crippen LogP contribution in [-0.2, 0) is 6.42 Å². The van der Waals surface area contributed by atoms with Gasteiger partial charge in [-0.25, -0.2) is 0 Å². The van der Waals surface area contributed by atoms with Crippen molar-refractivity contribution in [2.45, 2.75) is 40.2 Å². The molecular formula is C18H22BrN. The van der Waals surface area contributed by atoms with Crippen molar-refractivity contribution in [2.24, 2.45) is 5.73 Å². The maximum Gasteiger partial charge on any atom is 0.0338 e. The van der Waals surface area contributed by atoms with Gasteiger partial charge in [0, 0.05) is 10.5 Å². The van der Waals surface area contributed by atoms with Crippen molar-refractivity contribution in [1.29, 1.82) is 0 Å². The van der Waals surface area contributed by atoms with Crippen molar-refractivity contribution in [3.63, 3.8) is 0 Å². The Morgan fingerprint density at radius 1 is 1.05 bits per heavy atom. The number of benzene rings is 2. The first kappa shape index (κ1) is 15.3. The highest BCUT2D eigenvalue weighted by Gasteiger charge is 2.14. The third-order valence-electron chi connectivity index (χ3n) is 3.97. The Hall–Kier alpha value is -1.12. The quantitative estimate of drug-likeness (QED) is 0.848. The molecule has 0 aliphatic rings. The largest absolute Gasteiger partial charge is 0.324 e. The van der Waals surface area contributed by atoms with Crippen LogP contribution in [-0.4, -0.2) is 0 Å². The van der Waals surface area contributed by atoms with Crippen LogP contribution in [0.25, 0.3) is 0 Å². The van der Waals surface area contributed by atoms with Gasteiger partial charge in [-0.15, -0.1) is 0 Å². The fraction of sp³-hybridized carbons (Fsp3) is 0.333. The topological polar surface area (TPSA) is 26.0 Å². The Kier molecular flexibility index (Phi) is 4.66. The second-order valence-corrected chi connectivity index (χ2v) is 6.50. The first-order valence-corrected chi connectivity index (χ1v) is 7.76. The number of aryl methyl sites for hydroxylation is 3. The molecule has 0 aromatic heterocycles. The molecule has 2 heteroatoms. The van der Waals surface area contributed by atoms with Crippen molar-refractivity contribution < 1.29 is 0 Å². The molecule has 2 aromatic rings. The molecule has 106 valence electrons. The molecule has 0 spiro atoms. The summed E-state index contributed by atoms with van der Waals surface area (Å²) in [5.74, 6) is 0. The Bertz CT molecular complexity index is 608. The van der Waals surface area contributed by atoms with E-state index in [0.29, 0.717) is 0 Å². The molecule has 1 atom stereocenters. The van der Waals surface area contributed by atoms with E-state index >= 15 is 0 Å². The highest BCUT2D eigenvalue weighted by molar-refractivity contribution is 9.10. The molecule has 0 heterocycles. The summed E-state index contributed by atoms with van der Waals surface area (Å²) in [5.41, 5.74) is 14.3. The molecular weight excluding hydrogens is 310 g/mol. The van der Waals surface area contributed by atoms with Crippen LogP contribution in [0, 0.1) is 27.7 Å². The average Bonchev–Trinajstić information content (AvgIpc) is 2.36. The molecule has 2 rings (SSSR count). The third-order valence-corrected chi connectivity index (χ3v) is 4.83. The molecule has 0 aliphatic heterocycles. The van der Waals surface area contributed by atoms with E-state index < -0.39 is 0 Å². The zero-order valence-electron chi connectivity index (χ0n) is 12.6. The molecule has 0 aliphatic carbocycles. The lowest BCUT2D eigenvalue weighted by Crippen LogP contribution is -2.16. The van der Waals surface area contributed by atoms with Gasteiger partial charge in [0.05, 0.1) is 0 Å². The molecule has 1 nitrogen and oxygen atoms in total. The van der Waals surface area contributed by atoms with Crippen LogP contribution in [0.5, 0.6) is 0 Å². The lowest BCUT2D eigenvalue weighted by Gasteiger charge is -2.19. The van der Waals surface area contributed by atoms with E-state index in [-0.39, 0.29) is 6.04 Å². The first-order chi connectivity index (χ1) is 9.40. The van der Waals surface area contributed by atoms with Gasteiger partial charge in [0.1, 0.15) is 0 Å². The summed E-state index contributed by atoms with van der Waals surface area (Å²) in [4.78, 5) is 0. The van der Waals surface area contributed by atoms with Crippen LogP contribution in [0.2, 0.25) is 0 Å². The summed E-state index contributed by atoms with van der Waals surface area (Å²) in [5, 5.41) is 0. The van der Waals surface area contributed by atoms with Crippen LogP contribution < -0.4 is 5.73 Å². The maximum absolute atomic E-state index is 6.45. The SMILES string of the molecule is Cc1cc(C)c(CC(N)c2cccc(Br)c2C)c(C)c1. The van der Waals surface area contributed by atoms with Gasteiger partial charge in [-0.2, -0.15) is 0 Å². The molecule has 0 saturated heterocycles. The predicted molar refractivity (Wildman–Crippen MR) is 90.2 cm³/mol. The average molecular weight is 332 g/mol. The maximum atomic E-state index is 6.45. The summed E-state index contributed by atoms with van der Waals surface area (Å²) in [7, 11) is 0. The molecule has 1 unspecified atom stereocenters. The summed E-state index contributed by atoms with van der Waals surface area (Å²) >= 11 is 3.58. The molecule has 0 radical (unpaired) electrons. The minimum Gasteiger partial charge on any atom is -0.324 e. The summed E-state index contributed by atoms with van der Waals surface area (Å²) in [6.45, 7) is 8.61. The van der Waals surface area contributed by atoms with Crippen molar-refractivity contribution in [1.82, 2.24) is 0 Å². The van der Waals surface area contributed by atoms with E-state index in [4.69, 9.17) is 5.73 Å². The van der Waals surface area contributed by atoms with E-state index in [0.717, 1.165) is 10.9 Å². The Morgan fingerprint density at radius 3 is 2.25 bits per heavy atom. The van der Waals surface area contributed by atoms with Crippen molar-refractivity contribution in [2.75, 3.05) is 0 Å². The summed E-state index contributed by atoms with van der Waals surface area (Å²) in [6.07, 6.45) is 0.884. The first-order valence-electron chi connectivity index (χ1n) is 6.97. The standard InChI is InChI=1S/C18H22BrN/c1-11-8-12(2)16(13(3)9-11)10-18(20)15-6-5-7-17(19)14(15)4/h5-9,18H,10,20H2,1-4H3. The van der Waals surface area contributed by atoms with Gasteiger partial charge >= 0.3 is 0 Å². The molecule has 2 N–H and O–H groups in total. The van der Waals surface area contributed by atoms with E-state index in [9.17, 15) is 0 Å². The second kappa shape index (κ2) is 6.11. The van der Waals surface area contributed by atoms with Gasteiger partial charge in [-0.1, -0.05) is 45.8 Å². The second-order valence-electron chi connectivity index (χ2n) is 5.64. The van der Waals surface area contributed by atoms with Crippen molar-refractivity contribution in [3.8, 4) is 0 Å².